The standard InChI is InChI=1S/C9H8Cl2O2/c10-7-2-1-3-8(6-7)13-5-4-9(11)12/h1-3,6H,4-5H2. The summed E-state index contributed by atoms with van der Waals surface area (Å²) in [6, 6.07) is 6.98. The Kier molecular flexibility index (Phi) is 4.06. The van der Waals surface area contributed by atoms with Crippen LogP contribution in [0.15, 0.2) is 24.3 Å². The molecule has 13 heavy (non-hydrogen) atoms. The molecule has 2 nitrogen and oxygen atoms in total. The topological polar surface area (TPSA) is 26.3 Å². The minimum atomic E-state index is -0.401. The Hall–Kier alpha value is -0.730. The van der Waals surface area contributed by atoms with Gasteiger partial charge in [0.25, 0.3) is 0 Å². The van der Waals surface area contributed by atoms with E-state index in [0.717, 1.165) is 0 Å². The Morgan fingerprint density at radius 2 is 2.23 bits per heavy atom. The first kappa shape index (κ1) is 10.4. The molecule has 0 amide bonds. The van der Waals surface area contributed by atoms with Gasteiger partial charge in [-0.2, -0.15) is 0 Å². The first-order valence-electron chi connectivity index (χ1n) is 3.75. The van der Waals surface area contributed by atoms with Gasteiger partial charge in [0.1, 0.15) is 5.75 Å². The smallest absolute Gasteiger partial charge is 0.225 e. The van der Waals surface area contributed by atoms with E-state index in [-0.39, 0.29) is 13.0 Å². The molecule has 0 radical (unpaired) electrons. The summed E-state index contributed by atoms with van der Waals surface area (Å²) in [7, 11) is 0. The molecule has 0 atom stereocenters. The van der Waals surface area contributed by atoms with Gasteiger partial charge >= 0.3 is 0 Å². The van der Waals surface area contributed by atoms with Crippen LogP contribution in [0.1, 0.15) is 6.42 Å². The largest absolute Gasteiger partial charge is 0.493 e. The molecule has 0 spiro atoms. The van der Waals surface area contributed by atoms with E-state index in [1.165, 1.54) is 0 Å². The van der Waals surface area contributed by atoms with Gasteiger partial charge in [-0.25, -0.2) is 0 Å². The van der Waals surface area contributed by atoms with Crippen molar-refractivity contribution in [3.05, 3.63) is 29.3 Å². The summed E-state index contributed by atoms with van der Waals surface area (Å²) in [6.45, 7) is 0.280. The van der Waals surface area contributed by atoms with Gasteiger partial charge in [0.2, 0.25) is 5.24 Å². The first-order valence-corrected chi connectivity index (χ1v) is 4.51. The fourth-order valence-electron chi connectivity index (χ4n) is 0.806. The number of halogens is 2. The van der Waals surface area contributed by atoms with Gasteiger partial charge in [0.15, 0.2) is 0 Å². The van der Waals surface area contributed by atoms with Crippen LogP contribution >= 0.6 is 23.2 Å². The molecule has 0 saturated heterocycles. The van der Waals surface area contributed by atoms with E-state index >= 15 is 0 Å². The lowest BCUT2D eigenvalue weighted by molar-refractivity contribution is -0.112. The van der Waals surface area contributed by atoms with Crippen molar-refractivity contribution >= 4 is 28.4 Å². The highest BCUT2D eigenvalue weighted by Crippen LogP contribution is 2.17. The van der Waals surface area contributed by atoms with Crippen LogP contribution in [0.25, 0.3) is 0 Å². The van der Waals surface area contributed by atoms with Crippen molar-refractivity contribution in [2.45, 2.75) is 6.42 Å². The fraction of sp³-hybridized carbons (Fsp3) is 0.222. The van der Waals surface area contributed by atoms with E-state index in [2.05, 4.69) is 0 Å². The van der Waals surface area contributed by atoms with E-state index in [9.17, 15) is 4.79 Å². The third-order valence-corrected chi connectivity index (χ3v) is 1.79. The maximum Gasteiger partial charge on any atom is 0.225 e. The zero-order valence-electron chi connectivity index (χ0n) is 6.80. The predicted molar refractivity (Wildman–Crippen MR) is 52.4 cm³/mol. The lowest BCUT2D eigenvalue weighted by atomic mass is 10.3. The molecule has 0 fully saturated rings. The molecule has 0 aliphatic heterocycles. The van der Waals surface area contributed by atoms with Crippen molar-refractivity contribution < 1.29 is 9.53 Å². The quantitative estimate of drug-likeness (QED) is 0.727. The fourth-order valence-corrected chi connectivity index (χ4v) is 1.06. The van der Waals surface area contributed by atoms with Crippen molar-refractivity contribution in [2.24, 2.45) is 0 Å². The van der Waals surface area contributed by atoms with Crippen molar-refractivity contribution in [2.75, 3.05) is 6.61 Å². The maximum absolute atomic E-state index is 10.4. The van der Waals surface area contributed by atoms with Crippen LogP contribution in [0.4, 0.5) is 0 Å². The second-order valence-electron chi connectivity index (χ2n) is 2.41. The van der Waals surface area contributed by atoms with Crippen molar-refractivity contribution in [3.63, 3.8) is 0 Å². The Labute approximate surface area is 86.4 Å². The van der Waals surface area contributed by atoms with Gasteiger partial charge in [-0.05, 0) is 29.8 Å². The summed E-state index contributed by atoms with van der Waals surface area (Å²) in [5.41, 5.74) is 0. The Morgan fingerprint density at radius 1 is 1.46 bits per heavy atom. The average Bonchev–Trinajstić information content (AvgIpc) is 2.03. The van der Waals surface area contributed by atoms with Crippen LogP contribution in [0.2, 0.25) is 5.02 Å². The molecule has 0 aliphatic rings. The summed E-state index contributed by atoms with van der Waals surface area (Å²) in [4.78, 5) is 10.4. The van der Waals surface area contributed by atoms with Crippen molar-refractivity contribution in [1.29, 1.82) is 0 Å². The zero-order chi connectivity index (χ0) is 9.68. The van der Waals surface area contributed by atoms with Crippen LogP contribution < -0.4 is 4.74 Å². The number of ether oxygens (including phenoxy) is 1. The monoisotopic (exact) mass is 218 g/mol. The van der Waals surface area contributed by atoms with E-state index in [1.54, 1.807) is 24.3 Å². The van der Waals surface area contributed by atoms with Crippen LogP contribution in [0.3, 0.4) is 0 Å². The molecule has 70 valence electrons. The van der Waals surface area contributed by atoms with Gasteiger partial charge in [-0.3, -0.25) is 4.79 Å². The van der Waals surface area contributed by atoms with E-state index in [4.69, 9.17) is 27.9 Å². The molecule has 0 saturated carbocycles. The molecular weight excluding hydrogens is 211 g/mol. The summed E-state index contributed by atoms with van der Waals surface area (Å²) in [5, 5.41) is 0.205. The average molecular weight is 219 g/mol. The lowest BCUT2D eigenvalue weighted by Crippen LogP contribution is -2.00. The predicted octanol–water partition coefficient (Wildman–Crippen LogP) is 2.87. The van der Waals surface area contributed by atoms with Crippen molar-refractivity contribution in [1.82, 2.24) is 0 Å². The van der Waals surface area contributed by atoms with Crippen LogP contribution in [0.5, 0.6) is 5.75 Å². The van der Waals surface area contributed by atoms with Crippen molar-refractivity contribution in [3.8, 4) is 5.75 Å². The Morgan fingerprint density at radius 3 is 2.85 bits per heavy atom. The molecule has 0 bridgehead atoms. The molecule has 0 unspecified atom stereocenters. The van der Waals surface area contributed by atoms with Gasteiger partial charge in [0.05, 0.1) is 13.0 Å². The number of benzene rings is 1. The van der Waals surface area contributed by atoms with E-state index in [0.29, 0.717) is 10.8 Å². The molecule has 1 rings (SSSR count). The summed E-state index contributed by atoms with van der Waals surface area (Å²) in [6.07, 6.45) is 0.202. The zero-order valence-corrected chi connectivity index (χ0v) is 8.31. The van der Waals surface area contributed by atoms with Gasteiger partial charge in [-0.15, -0.1) is 0 Å². The molecule has 0 aliphatic carbocycles. The number of hydrogen-bond acceptors (Lipinski definition) is 2. The third-order valence-electron chi connectivity index (χ3n) is 1.36. The molecule has 4 heteroatoms. The highest BCUT2D eigenvalue weighted by Gasteiger charge is 1.97. The second kappa shape index (κ2) is 5.10. The maximum atomic E-state index is 10.4. The van der Waals surface area contributed by atoms with Crippen LogP contribution in [0, 0.1) is 0 Å². The first-order chi connectivity index (χ1) is 6.18. The normalized spacial score (nSPS) is 9.69. The summed E-state index contributed by atoms with van der Waals surface area (Å²) >= 11 is 10.8. The molecule has 0 aromatic heterocycles. The highest BCUT2D eigenvalue weighted by atomic mass is 35.5. The third kappa shape index (κ3) is 4.15. The minimum absolute atomic E-state index is 0.202. The second-order valence-corrected chi connectivity index (χ2v) is 3.27. The number of carbonyl (C=O) groups excluding carboxylic acids is 1. The van der Waals surface area contributed by atoms with Gasteiger partial charge in [-0.1, -0.05) is 17.7 Å². The summed E-state index contributed by atoms with van der Waals surface area (Å²) in [5.74, 6) is 0.644. The SMILES string of the molecule is O=C(Cl)CCOc1cccc(Cl)c1. The highest BCUT2D eigenvalue weighted by molar-refractivity contribution is 6.63. The van der Waals surface area contributed by atoms with Gasteiger partial charge in [0, 0.05) is 5.02 Å². The number of hydrogen-bond donors (Lipinski definition) is 0. The molecule has 0 N–H and O–H groups in total. The molecule has 1 aromatic carbocycles. The van der Waals surface area contributed by atoms with Gasteiger partial charge < -0.3 is 4.74 Å². The summed E-state index contributed by atoms with van der Waals surface area (Å²) < 4.78 is 5.21. The number of rotatable bonds is 4. The van der Waals surface area contributed by atoms with Crippen LogP contribution in [-0.4, -0.2) is 11.8 Å². The molecule has 1 aromatic rings. The Balaban J connectivity index is 2.41. The number of carbonyl (C=O) groups is 1. The Bertz CT molecular complexity index is 299. The lowest BCUT2D eigenvalue weighted by Gasteiger charge is -2.03. The molecule has 0 heterocycles. The van der Waals surface area contributed by atoms with Crippen LogP contribution in [-0.2, 0) is 4.79 Å². The minimum Gasteiger partial charge on any atom is -0.493 e. The molecular formula is C9H8Cl2O2. The van der Waals surface area contributed by atoms with E-state index < -0.39 is 5.24 Å². The van der Waals surface area contributed by atoms with E-state index in [1.807, 2.05) is 0 Å².